The van der Waals surface area contributed by atoms with E-state index in [1.54, 1.807) is 18.2 Å². The fourth-order valence-electron chi connectivity index (χ4n) is 1.29. The summed E-state index contributed by atoms with van der Waals surface area (Å²) >= 11 is 6.62. The smallest absolute Gasteiger partial charge is 0.241 e. The summed E-state index contributed by atoms with van der Waals surface area (Å²) in [6, 6.07) is 4.43. The molecule has 1 aromatic carbocycles. The van der Waals surface area contributed by atoms with Crippen LogP contribution in [0.5, 0.6) is 0 Å². The van der Waals surface area contributed by atoms with Crippen molar-refractivity contribution in [2.45, 2.75) is 12.5 Å². The zero-order valence-corrected chi connectivity index (χ0v) is 14.2. The first-order valence-electron chi connectivity index (χ1n) is 5.38. The second kappa shape index (κ2) is 6.83. The predicted octanol–water partition coefficient (Wildman–Crippen LogP) is 1.91. The van der Waals surface area contributed by atoms with Gasteiger partial charge in [0.15, 0.2) is 0 Å². The number of nitrogens with one attached hydrogen (secondary N) is 1. The van der Waals surface area contributed by atoms with Crippen molar-refractivity contribution >= 4 is 53.3 Å². The Morgan fingerprint density at radius 1 is 1.42 bits per heavy atom. The number of amides is 1. The Labute approximate surface area is 129 Å². The zero-order valence-electron chi connectivity index (χ0n) is 10.2. The van der Waals surface area contributed by atoms with E-state index in [1.165, 1.54) is 0 Å². The van der Waals surface area contributed by atoms with E-state index in [0.717, 1.165) is 10.7 Å². The number of halogens is 2. The van der Waals surface area contributed by atoms with E-state index in [4.69, 9.17) is 5.73 Å². The molecule has 0 bridgehead atoms. The van der Waals surface area contributed by atoms with Crippen LogP contribution in [0.25, 0.3) is 0 Å². The van der Waals surface area contributed by atoms with Crippen molar-refractivity contribution < 1.29 is 13.2 Å². The minimum atomic E-state index is -3.11. The molecule has 19 heavy (non-hydrogen) atoms. The third-order valence-electron chi connectivity index (χ3n) is 2.33. The van der Waals surface area contributed by atoms with Crippen molar-refractivity contribution in [3.63, 3.8) is 0 Å². The van der Waals surface area contributed by atoms with E-state index in [2.05, 4.69) is 37.2 Å². The van der Waals surface area contributed by atoms with Crippen molar-refractivity contribution in [3.05, 3.63) is 27.1 Å². The minimum absolute atomic E-state index is 0.0960. The first-order valence-corrected chi connectivity index (χ1v) is 9.03. The van der Waals surface area contributed by atoms with Gasteiger partial charge in [0.1, 0.15) is 9.84 Å². The molecular weight excluding hydrogens is 400 g/mol. The number of carbonyl (C=O) groups excluding carboxylic acids is 1. The number of nitrogens with two attached hydrogens (primary N) is 1. The number of benzene rings is 1. The standard InChI is InChI=1S/C11H14Br2N2O3S/c1-19(17,18)5-4-9(14)11(16)15-10-3-2-7(12)6-8(10)13/h2-3,6,9H,4-5,14H2,1H3,(H,15,16). The molecule has 0 aliphatic rings. The molecule has 0 aromatic heterocycles. The van der Waals surface area contributed by atoms with Crippen LogP contribution in [-0.4, -0.2) is 32.4 Å². The number of sulfone groups is 1. The molecule has 106 valence electrons. The van der Waals surface area contributed by atoms with Crippen LogP contribution in [-0.2, 0) is 14.6 Å². The van der Waals surface area contributed by atoms with Gasteiger partial charge in [-0.1, -0.05) is 15.9 Å². The molecule has 0 saturated heterocycles. The largest absolute Gasteiger partial charge is 0.324 e. The molecule has 0 radical (unpaired) electrons. The number of rotatable bonds is 5. The maximum Gasteiger partial charge on any atom is 0.241 e. The number of anilines is 1. The van der Waals surface area contributed by atoms with Crippen molar-refractivity contribution in [2.24, 2.45) is 5.73 Å². The van der Waals surface area contributed by atoms with Crippen molar-refractivity contribution in [2.75, 3.05) is 17.3 Å². The summed E-state index contributed by atoms with van der Waals surface area (Å²) in [5, 5.41) is 2.65. The lowest BCUT2D eigenvalue weighted by molar-refractivity contribution is -0.117. The van der Waals surface area contributed by atoms with Crippen LogP contribution in [0.15, 0.2) is 27.1 Å². The van der Waals surface area contributed by atoms with Gasteiger partial charge in [-0.2, -0.15) is 0 Å². The molecule has 5 nitrogen and oxygen atoms in total. The van der Waals surface area contributed by atoms with Gasteiger partial charge in [0.2, 0.25) is 5.91 Å². The van der Waals surface area contributed by atoms with Crippen LogP contribution in [0.1, 0.15) is 6.42 Å². The van der Waals surface area contributed by atoms with Gasteiger partial charge in [-0.3, -0.25) is 4.79 Å². The lowest BCUT2D eigenvalue weighted by atomic mass is 10.2. The quantitative estimate of drug-likeness (QED) is 0.771. The Kier molecular flexibility index (Phi) is 5.97. The summed E-state index contributed by atoms with van der Waals surface area (Å²) in [4.78, 5) is 11.8. The molecule has 1 unspecified atom stereocenters. The number of hydrogen-bond donors (Lipinski definition) is 2. The number of carbonyl (C=O) groups is 1. The van der Waals surface area contributed by atoms with Gasteiger partial charge in [0.25, 0.3) is 0 Å². The van der Waals surface area contributed by atoms with E-state index < -0.39 is 21.8 Å². The molecule has 0 aliphatic heterocycles. The molecule has 1 amide bonds. The Morgan fingerprint density at radius 3 is 2.58 bits per heavy atom. The summed E-state index contributed by atoms with van der Waals surface area (Å²) in [6.45, 7) is 0. The van der Waals surface area contributed by atoms with Gasteiger partial charge >= 0.3 is 0 Å². The fourth-order valence-corrected chi connectivity index (χ4v) is 3.12. The van der Waals surface area contributed by atoms with Crippen LogP contribution in [0.3, 0.4) is 0 Å². The molecule has 1 aromatic rings. The molecule has 1 atom stereocenters. The van der Waals surface area contributed by atoms with Crippen LogP contribution < -0.4 is 11.1 Å². The highest BCUT2D eigenvalue weighted by Gasteiger charge is 2.16. The van der Waals surface area contributed by atoms with E-state index >= 15 is 0 Å². The lowest BCUT2D eigenvalue weighted by Gasteiger charge is -2.13. The minimum Gasteiger partial charge on any atom is -0.324 e. The Bertz CT molecular complexity index is 575. The van der Waals surface area contributed by atoms with Crippen molar-refractivity contribution in [1.82, 2.24) is 0 Å². The van der Waals surface area contributed by atoms with Gasteiger partial charge < -0.3 is 11.1 Å². The zero-order chi connectivity index (χ0) is 14.6. The van der Waals surface area contributed by atoms with Gasteiger partial charge in [-0.15, -0.1) is 0 Å². The average Bonchev–Trinajstić information content (AvgIpc) is 2.28. The third-order valence-corrected chi connectivity index (χ3v) is 4.45. The highest BCUT2D eigenvalue weighted by molar-refractivity contribution is 9.11. The summed E-state index contributed by atoms with van der Waals surface area (Å²) in [6.07, 6.45) is 1.21. The normalized spacial score (nSPS) is 13.1. The summed E-state index contributed by atoms with van der Waals surface area (Å²) < 4.78 is 23.6. The molecule has 8 heteroatoms. The van der Waals surface area contributed by atoms with Crippen molar-refractivity contribution in [3.8, 4) is 0 Å². The van der Waals surface area contributed by atoms with Crippen LogP contribution >= 0.6 is 31.9 Å². The van der Waals surface area contributed by atoms with Crippen LogP contribution in [0.4, 0.5) is 5.69 Å². The van der Waals surface area contributed by atoms with Gasteiger partial charge in [-0.05, 0) is 40.5 Å². The Morgan fingerprint density at radius 2 is 2.05 bits per heavy atom. The van der Waals surface area contributed by atoms with Crippen LogP contribution in [0, 0.1) is 0 Å². The molecule has 0 heterocycles. The summed E-state index contributed by atoms with van der Waals surface area (Å²) in [7, 11) is -3.11. The topological polar surface area (TPSA) is 89.3 Å². The second-order valence-corrected chi connectivity index (χ2v) is 8.17. The highest BCUT2D eigenvalue weighted by atomic mass is 79.9. The van der Waals surface area contributed by atoms with Crippen molar-refractivity contribution in [1.29, 1.82) is 0 Å². The fraction of sp³-hybridized carbons (Fsp3) is 0.364. The first kappa shape index (κ1) is 16.6. The summed E-state index contributed by atoms with van der Waals surface area (Å²) in [5.74, 6) is -0.519. The SMILES string of the molecule is CS(=O)(=O)CCC(N)C(=O)Nc1ccc(Br)cc1Br. The van der Waals surface area contributed by atoms with E-state index in [-0.39, 0.29) is 12.2 Å². The van der Waals surface area contributed by atoms with E-state index in [9.17, 15) is 13.2 Å². The molecule has 0 aliphatic carbocycles. The first-order chi connectivity index (χ1) is 8.69. The van der Waals surface area contributed by atoms with Gasteiger partial charge in [0.05, 0.1) is 17.5 Å². The molecule has 0 saturated carbocycles. The highest BCUT2D eigenvalue weighted by Crippen LogP contribution is 2.26. The monoisotopic (exact) mass is 412 g/mol. The molecule has 1 rings (SSSR count). The van der Waals surface area contributed by atoms with E-state index in [0.29, 0.717) is 10.2 Å². The second-order valence-electron chi connectivity index (χ2n) is 4.14. The molecule has 0 fully saturated rings. The van der Waals surface area contributed by atoms with E-state index in [1.807, 2.05) is 0 Å². The predicted molar refractivity (Wildman–Crippen MR) is 82.8 cm³/mol. The van der Waals surface area contributed by atoms with Gasteiger partial charge in [0, 0.05) is 15.2 Å². The lowest BCUT2D eigenvalue weighted by Crippen LogP contribution is -2.37. The average molecular weight is 414 g/mol. The Balaban J connectivity index is 2.64. The van der Waals surface area contributed by atoms with Gasteiger partial charge in [-0.25, -0.2) is 8.42 Å². The molecule has 0 spiro atoms. The third kappa shape index (κ3) is 6.03. The maximum atomic E-state index is 11.8. The molecular formula is C11H14Br2N2O3S. The van der Waals surface area contributed by atoms with Crippen LogP contribution in [0.2, 0.25) is 0 Å². The Hall–Kier alpha value is -0.440. The molecule has 3 N–H and O–H groups in total. The number of hydrogen-bond acceptors (Lipinski definition) is 4. The maximum absolute atomic E-state index is 11.8. The summed E-state index contributed by atoms with van der Waals surface area (Å²) in [5.41, 5.74) is 6.24.